The van der Waals surface area contributed by atoms with Crippen molar-refractivity contribution in [3.63, 3.8) is 0 Å². The lowest BCUT2D eigenvalue weighted by molar-refractivity contribution is -0.384. The van der Waals surface area contributed by atoms with Crippen molar-refractivity contribution in [1.82, 2.24) is 9.71 Å². The molecule has 0 aliphatic heterocycles. The number of nitro groups is 1. The van der Waals surface area contributed by atoms with Gasteiger partial charge in [-0.15, -0.1) is 11.3 Å². The first-order chi connectivity index (χ1) is 24.4. The zero-order valence-electron chi connectivity index (χ0n) is 28.6. The highest BCUT2D eigenvalue weighted by Crippen LogP contribution is 2.60. The van der Waals surface area contributed by atoms with E-state index in [-0.39, 0.29) is 45.5 Å². The second-order valence-electron chi connectivity index (χ2n) is 15.0. The van der Waals surface area contributed by atoms with Crippen LogP contribution in [-0.4, -0.2) is 36.7 Å². The number of thiazole rings is 1. The zero-order chi connectivity index (χ0) is 35.9. The molecule has 51 heavy (non-hydrogen) atoms. The van der Waals surface area contributed by atoms with E-state index in [4.69, 9.17) is 10.7 Å². The zero-order valence-corrected chi connectivity index (χ0v) is 30.2. The monoisotopic (exact) mass is 729 g/mol. The van der Waals surface area contributed by atoms with Gasteiger partial charge in [0, 0.05) is 30.5 Å². The fourth-order valence-corrected chi connectivity index (χ4v) is 11.2. The van der Waals surface area contributed by atoms with E-state index in [1.807, 2.05) is 18.2 Å². The summed E-state index contributed by atoms with van der Waals surface area (Å²) in [4.78, 5) is 40.7. The first kappa shape index (κ1) is 35.1. The molecule has 13 heteroatoms. The van der Waals surface area contributed by atoms with Crippen LogP contribution in [0.4, 0.5) is 11.4 Å². The van der Waals surface area contributed by atoms with Crippen LogP contribution in [-0.2, 0) is 14.8 Å². The van der Waals surface area contributed by atoms with Gasteiger partial charge in [-0.25, -0.2) is 18.1 Å². The third-order valence-corrected chi connectivity index (χ3v) is 13.6. The number of anilines is 1. The molecule has 4 saturated carbocycles. The number of sulfonamides is 1. The maximum atomic E-state index is 13.3. The van der Waals surface area contributed by atoms with Crippen molar-refractivity contribution in [2.45, 2.75) is 81.9 Å². The fraction of sp³-hybridized carbons (Fsp3) is 0.447. The quantitative estimate of drug-likeness (QED) is 0.0872. The Morgan fingerprint density at radius 1 is 1.00 bits per heavy atom. The molecule has 4 fully saturated rings. The Balaban J connectivity index is 1.02. The Kier molecular flexibility index (Phi) is 9.61. The predicted octanol–water partition coefficient (Wildman–Crippen LogP) is 7.77. The Labute approximate surface area is 301 Å². The van der Waals surface area contributed by atoms with Gasteiger partial charge in [0.05, 0.1) is 25.0 Å². The number of amides is 2. The molecule has 4 bridgehead atoms. The molecule has 1 unspecified atom stereocenters. The maximum absolute atomic E-state index is 13.3. The molecule has 0 radical (unpaired) electrons. The minimum atomic E-state index is -4.41. The molecule has 2 amide bonds. The van der Waals surface area contributed by atoms with Crippen molar-refractivity contribution in [3.05, 3.63) is 81.3 Å². The van der Waals surface area contributed by atoms with Crippen molar-refractivity contribution in [2.75, 3.05) is 11.9 Å². The number of benzene rings is 3. The van der Waals surface area contributed by atoms with Gasteiger partial charge in [-0.3, -0.25) is 19.7 Å². The number of nitro benzene ring substituents is 1. The number of nitrogens with two attached hydrogens (primary N) is 1. The first-order valence-corrected chi connectivity index (χ1v) is 20.1. The van der Waals surface area contributed by atoms with Gasteiger partial charge in [-0.2, -0.15) is 0 Å². The number of primary amides is 1. The molecule has 11 nitrogen and oxygen atoms in total. The molecule has 4 aliphatic carbocycles. The van der Waals surface area contributed by atoms with Crippen molar-refractivity contribution in [1.29, 1.82) is 0 Å². The van der Waals surface area contributed by atoms with E-state index < -0.39 is 20.9 Å². The lowest BCUT2D eigenvalue weighted by Gasteiger charge is -2.57. The molecule has 1 aromatic heterocycles. The van der Waals surface area contributed by atoms with Gasteiger partial charge in [-0.1, -0.05) is 38.0 Å². The number of aromatic nitrogens is 1. The molecule has 4 N–H and O–H groups in total. The van der Waals surface area contributed by atoms with E-state index in [0.29, 0.717) is 6.54 Å². The Hall–Kier alpha value is -4.36. The number of hydrogen-bond donors (Lipinski definition) is 3. The number of unbranched alkanes of at least 4 members (excludes halogenated alkanes) is 1. The molecule has 0 spiro atoms. The van der Waals surface area contributed by atoms with Crippen LogP contribution in [0.3, 0.4) is 0 Å². The summed E-state index contributed by atoms with van der Waals surface area (Å²) in [6.07, 6.45) is 10.4. The van der Waals surface area contributed by atoms with E-state index in [0.717, 1.165) is 88.7 Å². The van der Waals surface area contributed by atoms with Gasteiger partial charge in [0.1, 0.15) is 5.69 Å². The van der Waals surface area contributed by atoms with Crippen molar-refractivity contribution < 1.29 is 22.9 Å². The Morgan fingerprint density at radius 2 is 1.67 bits per heavy atom. The number of rotatable bonds is 14. The number of hydrogen-bond acceptors (Lipinski definition) is 9. The van der Waals surface area contributed by atoms with Crippen LogP contribution in [0, 0.1) is 33.3 Å². The summed E-state index contributed by atoms with van der Waals surface area (Å²) in [6.45, 7) is 2.73. The van der Waals surface area contributed by atoms with E-state index in [1.165, 1.54) is 43.5 Å². The van der Waals surface area contributed by atoms with E-state index in [1.54, 1.807) is 23.5 Å². The highest BCUT2D eigenvalue weighted by Gasteiger charge is 2.50. The van der Waals surface area contributed by atoms with E-state index >= 15 is 0 Å². The van der Waals surface area contributed by atoms with Crippen LogP contribution in [0.25, 0.3) is 21.3 Å². The van der Waals surface area contributed by atoms with Crippen LogP contribution < -0.4 is 15.8 Å². The topological polar surface area (TPSA) is 174 Å². The third kappa shape index (κ3) is 7.50. The lowest BCUT2D eigenvalue weighted by atomic mass is 9.49. The minimum absolute atomic E-state index is 0.0192. The van der Waals surface area contributed by atoms with Crippen LogP contribution in [0.2, 0.25) is 0 Å². The summed E-state index contributed by atoms with van der Waals surface area (Å²) in [6, 6.07) is 16.1. The molecular formula is C38H43N5O6S2. The summed E-state index contributed by atoms with van der Waals surface area (Å²) in [5.41, 5.74) is 8.18. The van der Waals surface area contributed by atoms with Crippen LogP contribution in [0.1, 0.15) is 92.4 Å². The number of carbonyl (C=O) groups is 2. The van der Waals surface area contributed by atoms with Crippen molar-refractivity contribution in [3.8, 4) is 11.1 Å². The molecule has 1 heterocycles. The molecular weight excluding hydrogens is 687 g/mol. The van der Waals surface area contributed by atoms with Gasteiger partial charge < -0.3 is 11.1 Å². The molecule has 8 rings (SSSR count). The normalized spacial score (nSPS) is 22.9. The average molecular weight is 730 g/mol. The predicted molar refractivity (Wildman–Crippen MR) is 198 cm³/mol. The summed E-state index contributed by atoms with van der Waals surface area (Å²) >= 11 is 1.56. The average Bonchev–Trinajstić information content (AvgIpc) is 3.52. The second kappa shape index (κ2) is 14.0. The highest BCUT2D eigenvalue weighted by atomic mass is 32.2. The van der Waals surface area contributed by atoms with E-state index in [2.05, 4.69) is 17.0 Å². The standard InChI is InChI=1S/C38H43N5O6S2/c1-2-3-4-29(17-35(39)44)37-41-32-16-28(9-12-34(32)50-37)26-5-7-27(8-6-26)36(45)42-51(48,49)30-10-11-31(33(18-30)43(46)47)40-22-38-19-23-13-24(20-38)15-25(14-23)21-38/h5-12,16,18,23-25,29,40H,2-4,13-15,17,19-22H2,1H3,(H2,39,44)(H,42,45). The number of nitrogens with zero attached hydrogens (tertiary/aromatic N) is 2. The van der Waals surface area contributed by atoms with Gasteiger partial charge in [-0.05, 0) is 116 Å². The maximum Gasteiger partial charge on any atom is 0.293 e. The largest absolute Gasteiger partial charge is 0.379 e. The molecule has 268 valence electrons. The molecule has 4 aromatic rings. The van der Waals surface area contributed by atoms with Gasteiger partial charge in [0.15, 0.2) is 0 Å². The van der Waals surface area contributed by atoms with Crippen LogP contribution >= 0.6 is 11.3 Å². The summed E-state index contributed by atoms with van der Waals surface area (Å²) in [7, 11) is -4.41. The van der Waals surface area contributed by atoms with Crippen LogP contribution in [0.15, 0.2) is 65.6 Å². The van der Waals surface area contributed by atoms with Gasteiger partial charge in [0.2, 0.25) is 5.91 Å². The molecule has 0 saturated heterocycles. The fourth-order valence-electron chi connectivity index (χ4n) is 9.13. The first-order valence-electron chi connectivity index (χ1n) is 17.8. The summed E-state index contributed by atoms with van der Waals surface area (Å²) in [5.74, 6) is 1.02. The molecule has 4 aliphatic rings. The Morgan fingerprint density at radius 3 is 2.29 bits per heavy atom. The number of nitrogens with one attached hydrogen (secondary N) is 2. The minimum Gasteiger partial charge on any atom is -0.379 e. The van der Waals surface area contributed by atoms with Crippen molar-refractivity contribution >= 4 is 54.8 Å². The smallest absolute Gasteiger partial charge is 0.293 e. The lowest BCUT2D eigenvalue weighted by Crippen LogP contribution is -2.49. The number of fused-ring (bicyclic) bond motifs is 1. The van der Waals surface area contributed by atoms with Gasteiger partial charge in [0.25, 0.3) is 21.6 Å². The summed E-state index contributed by atoms with van der Waals surface area (Å²) < 4.78 is 29.6. The summed E-state index contributed by atoms with van der Waals surface area (Å²) in [5, 5.41) is 16.2. The van der Waals surface area contributed by atoms with Crippen molar-refractivity contribution in [2.24, 2.45) is 28.9 Å². The highest BCUT2D eigenvalue weighted by molar-refractivity contribution is 7.90. The SMILES string of the molecule is CCCCC(CC(N)=O)c1nc2cc(-c3ccc(C(=O)NS(=O)(=O)c4ccc(NCC56CC7CC(CC(C7)C5)C6)c([N+](=O)[O-])c4)cc3)ccc2s1. The van der Waals surface area contributed by atoms with Gasteiger partial charge >= 0.3 is 0 Å². The Bertz CT molecular complexity index is 2060. The van der Waals surface area contributed by atoms with Crippen LogP contribution in [0.5, 0.6) is 0 Å². The third-order valence-electron chi connectivity index (χ3n) is 11.1. The van der Waals surface area contributed by atoms with E-state index in [9.17, 15) is 28.1 Å². The second-order valence-corrected chi connectivity index (χ2v) is 17.7. The number of carbonyl (C=O) groups excluding carboxylic acids is 2. The molecule has 1 atom stereocenters. The molecule has 3 aromatic carbocycles.